The number of hydrogen-bond donors (Lipinski definition) is 4. The summed E-state index contributed by atoms with van der Waals surface area (Å²) in [7, 11) is 5.81. The number of methoxy groups -OCH3 is 1. The van der Waals surface area contributed by atoms with Gasteiger partial charge in [0.15, 0.2) is 5.84 Å². The van der Waals surface area contributed by atoms with E-state index in [-0.39, 0.29) is 17.6 Å². The number of carbonyl (C=O) groups is 2. The second-order valence-electron chi connectivity index (χ2n) is 9.99. The molecule has 1 aliphatic heterocycles. The lowest BCUT2D eigenvalue weighted by Crippen LogP contribution is -2.43. The van der Waals surface area contributed by atoms with Crippen LogP contribution in [0.25, 0.3) is 0 Å². The molecular weight excluding hydrogens is 578 g/mol. The van der Waals surface area contributed by atoms with E-state index in [1.807, 2.05) is 69.3 Å². The zero-order chi connectivity index (χ0) is 32.5. The number of nitrogens with zero attached hydrogens (tertiary/aromatic N) is 2. The first-order valence-electron chi connectivity index (χ1n) is 14.7. The third-order valence-corrected chi connectivity index (χ3v) is 7.14. The molecule has 2 rings (SSSR count). The summed E-state index contributed by atoms with van der Waals surface area (Å²) in [4.78, 5) is 31.2. The molecule has 2 amide bonds. The quantitative estimate of drug-likeness (QED) is 0.0678. The Hall–Kier alpha value is -4.01. The Morgan fingerprint density at radius 2 is 1.93 bits per heavy atom. The van der Waals surface area contributed by atoms with Crippen molar-refractivity contribution < 1.29 is 18.7 Å². The summed E-state index contributed by atoms with van der Waals surface area (Å²) in [5.41, 5.74) is 9.41. The van der Waals surface area contributed by atoms with E-state index >= 15 is 0 Å². The molecule has 5 N–H and O–H groups in total. The molecule has 11 heteroatoms. The number of nitrogens with two attached hydrogens (primary N) is 1. The van der Waals surface area contributed by atoms with Gasteiger partial charge in [-0.05, 0) is 73.8 Å². The summed E-state index contributed by atoms with van der Waals surface area (Å²) in [5, 5.41) is 8.97. The first-order chi connectivity index (χ1) is 21.1. The smallest absolute Gasteiger partial charge is 0.251 e. The van der Waals surface area contributed by atoms with Gasteiger partial charge in [0.25, 0.3) is 5.91 Å². The van der Waals surface area contributed by atoms with Crippen LogP contribution in [0.2, 0.25) is 0 Å². The van der Waals surface area contributed by atoms with Gasteiger partial charge in [0, 0.05) is 43.8 Å². The molecule has 0 aromatic heterocycles. The molecule has 1 aromatic carbocycles. The molecule has 0 spiro atoms. The molecule has 2 atom stereocenters. The number of aryl methyl sites for hydroxylation is 1. The van der Waals surface area contributed by atoms with E-state index in [9.17, 15) is 14.0 Å². The van der Waals surface area contributed by atoms with Crippen LogP contribution in [-0.4, -0.2) is 55.8 Å². The number of likely N-dealkylation sites (N-methyl/N-ethyl adjacent to an activating group) is 1. The minimum atomic E-state index is -0.545. The van der Waals surface area contributed by atoms with E-state index < -0.39 is 6.04 Å². The molecule has 0 fully saturated rings. The number of hydrogen-bond acceptors (Lipinski definition) is 7. The Morgan fingerprint density at radius 1 is 1.18 bits per heavy atom. The van der Waals surface area contributed by atoms with Crippen molar-refractivity contribution in [2.24, 2.45) is 10.7 Å². The maximum absolute atomic E-state index is 14.3. The Bertz CT molecular complexity index is 1360. The van der Waals surface area contributed by atoms with Crippen molar-refractivity contribution in [3.05, 3.63) is 101 Å². The maximum atomic E-state index is 14.3. The first-order valence-corrected chi connectivity index (χ1v) is 15.3. The van der Waals surface area contributed by atoms with E-state index in [1.165, 1.54) is 5.82 Å². The molecular formula is C33H46FN6O3P. The average Bonchev–Trinajstić information content (AvgIpc) is 3.03. The number of nitrogens with one attached hydrogen (secondary N) is 3. The molecule has 44 heavy (non-hydrogen) atoms. The molecule has 0 saturated carbocycles. The fourth-order valence-electron chi connectivity index (χ4n) is 4.08. The highest BCUT2D eigenvalue weighted by Gasteiger charge is 2.16. The summed E-state index contributed by atoms with van der Waals surface area (Å²) >= 11 is 0. The van der Waals surface area contributed by atoms with Crippen molar-refractivity contribution >= 4 is 32.6 Å². The standard InChI is InChI=1S/C33H46FN6O3P/c1-6-24-21-26(15-16-27(24)32(41)37-17-18-38-33(42)29(35)7-2)39-31-30(40(4)20-19-36-31)12-10-8-9-11-25(28(34)22-44)14-13-23(3)43-5/h8-9,12-16,19-22,29H,6-7,10-11,17-18,35,44H2,1-5H3,(H,36,39)(H,37,41)(H,38,42)/b9-8+,23-13+,25-14-,28-22-,30-12+/t29-/m0/s1. The lowest BCUT2D eigenvalue weighted by atomic mass is 10.0. The molecule has 1 aromatic rings. The van der Waals surface area contributed by atoms with Gasteiger partial charge in [-0.15, -0.1) is 9.24 Å². The molecule has 1 unspecified atom stereocenters. The fourth-order valence-corrected chi connectivity index (χ4v) is 4.29. The third-order valence-electron chi connectivity index (χ3n) is 6.84. The minimum Gasteiger partial charge on any atom is -0.501 e. The van der Waals surface area contributed by atoms with Gasteiger partial charge in [-0.2, -0.15) is 0 Å². The number of aliphatic imine (C=N–C) groups is 1. The van der Waals surface area contributed by atoms with Crippen LogP contribution < -0.4 is 21.7 Å². The van der Waals surface area contributed by atoms with Gasteiger partial charge in [0.05, 0.1) is 24.6 Å². The second-order valence-corrected chi connectivity index (χ2v) is 10.3. The molecule has 238 valence electrons. The van der Waals surface area contributed by atoms with Crippen molar-refractivity contribution in [1.82, 2.24) is 15.5 Å². The lowest BCUT2D eigenvalue weighted by molar-refractivity contribution is -0.122. The van der Waals surface area contributed by atoms with Crippen molar-refractivity contribution in [2.45, 2.75) is 52.5 Å². The number of ether oxygens (including phenoxy) is 1. The summed E-state index contributed by atoms with van der Waals surface area (Å²) < 4.78 is 19.4. The minimum absolute atomic E-state index is 0.205. The van der Waals surface area contributed by atoms with Gasteiger partial charge < -0.3 is 31.3 Å². The monoisotopic (exact) mass is 624 g/mol. The van der Waals surface area contributed by atoms with E-state index in [0.717, 1.165) is 16.9 Å². The Balaban J connectivity index is 2.07. The van der Waals surface area contributed by atoms with Gasteiger partial charge in [-0.3, -0.25) is 9.59 Å². The average molecular weight is 625 g/mol. The molecule has 1 heterocycles. The highest BCUT2D eigenvalue weighted by molar-refractivity contribution is 7.20. The highest BCUT2D eigenvalue weighted by Crippen LogP contribution is 2.21. The summed E-state index contributed by atoms with van der Waals surface area (Å²) in [6, 6.07) is 5.03. The van der Waals surface area contributed by atoms with Crippen LogP contribution in [0.1, 0.15) is 56.0 Å². The highest BCUT2D eigenvalue weighted by atomic mass is 31.0. The molecule has 1 aliphatic rings. The Morgan fingerprint density at radius 3 is 2.61 bits per heavy atom. The number of anilines is 1. The van der Waals surface area contributed by atoms with Crippen LogP contribution in [0.5, 0.6) is 0 Å². The summed E-state index contributed by atoms with van der Waals surface area (Å²) in [5.74, 6) is 1.99. The largest absolute Gasteiger partial charge is 0.501 e. The Kier molecular flexibility index (Phi) is 15.9. The van der Waals surface area contributed by atoms with E-state index in [1.54, 1.807) is 31.5 Å². The lowest BCUT2D eigenvalue weighted by Gasteiger charge is -2.24. The Labute approximate surface area is 263 Å². The topological polar surface area (TPSA) is 121 Å². The zero-order valence-corrected chi connectivity index (χ0v) is 27.5. The zero-order valence-electron chi connectivity index (χ0n) is 26.3. The van der Waals surface area contributed by atoms with E-state index in [4.69, 9.17) is 10.5 Å². The van der Waals surface area contributed by atoms with Gasteiger partial charge in [0.1, 0.15) is 5.83 Å². The number of amidine groups is 1. The number of benzene rings is 1. The van der Waals surface area contributed by atoms with Gasteiger partial charge in [-0.25, -0.2) is 9.38 Å². The van der Waals surface area contributed by atoms with Gasteiger partial charge >= 0.3 is 0 Å². The maximum Gasteiger partial charge on any atom is 0.251 e. The van der Waals surface area contributed by atoms with Crippen molar-refractivity contribution in [2.75, 3.05) is 32.6 Å². The second kappa shape index (κ2) is 19.3. The molecule has 0 saturated heterocycles. The predicted molar refractivity (Wildman–Crippen MR) is 182 cm³/mol. The van der Waals surface area contributed by atoms with Crippen molar-refractivity contribution in [3.63, 3.8) is 0 Å². The molecule has 0 bridgehead atoms. The fraction of sp³-hybridized carbons (Fsp3) is 0.364. The summed E-state index contributed by atoms with van der Waals surface area (Å²) in [6.45, 7) is 6.25. The van der Waals surface area contributed by atoms with Gasteiger partial charge in [0.2, 0.25) is 5.91 Å². The van der Waals surface area contributed by atoms with E-state index in [2.05, 4.69) is 30.2 Å². The molecule has 9 nitrogen and oxygen atoms in total. The molecule has 0 aliphatic carbocycles. The van der Waals surface area contributed by atoms with E-state index in [0.29, 0.717) is 61.5 Å². The summed E-state index contributed by atoms with van der Waals surface area (Å²) in [6.07, 6.45) is 15.3. The van der Waals surface area contributed by atoms with Crippen LogP contribution in [0.15, 0.2) is 94.6 Å². The number of halogens is 1. The van der Waals surface area contributed by atoms with Crippen LogP contribution in [0.4, 0.5) is 10.1 Å². The van der Waals surface area contributed by atoms with Crippen LogP contribution in [0, 0.1) is 0 Å². The molecule has 0 radical (unpaired) electrons. The third kappa shape index (κ3) is 11.6. The van der Waals surface area contributed by atoms with Crippen LogP contribution in [-0.2, 0) is 16.0 Å². The normalized spacial score (nSPS) is 15.8. The SMILES string of the molecule is CCc1cc(NC2=NC=CN(C)/C2=C/C/C=C/CC(=C/C=C(\C)OC)/C(F)=C/P)ccc1C(=O)NCCNC(=O)[C@@H](N)CC. The van der Waals surface area contributed by atoms with Gasteiger partial charge in [-0.1, -0.05) is 38.2 Å². The number of rotatable bonds is 15. The van der Waals surface area contributed by atoms with Crippen molar-refractivity contribution in [1.29, 1.82) is 0 Å². The van der Waals surface area contributed by atoms with Crippen LogP contribution in [0.3, 0.4) is 0 Å². The number of carbonyl (C=O) groups excluding carboxylic acids is 2. The first kappa shape index (κ1) is 36.2. The number of allylic oxidation sites excluding steroid dienone is 8. The van der Waals surface area contributed by atoms with Crippen molar-refractivity contribution in [3.8, 4) is 0 Å². The number of amides is 2. The van der Waals surface area contributed by atoms with Crippen LogP contribution >= 0.6 is 9.24 Å². The predicted octanol–water partition coefficient (Wildman–Crippen LogP) is 5.44.